The van der Waals surface area contributed by atoms with Crippen LogP contribution >= 0.6 is 11.6 Å². The van der Waals surface area contributed by atoms with Crippen LogP contribution in [0.15, 0.2) is 12.7 Å². The molecule has 0 aliphatic heterocycles. The summed E-state index contributed by atoms with van der Waals surface area (Å²) in [5, 5.41) is -0.973. The minimum Gasteiger partial charge on any atom is -0.462 e. The molecule has 0 N–H and O–H groups in total. The molecule has 176 valence electrons. The van der Waals surface area contributed by atoms with E-state index in [2.05, 4.69) is 6.58 Å². The summed E-state index contributed by atoms with van der Waals surface area (Å²) in [5.74, 6) is 0.989. The fourth-order valence-corrected chi connectivity index (χ4v) is 6.06. The highest BCUT2D eigenvalue weighted by Gasteiger charge is 2.41. The Morgan fingerprint density at radius 2 is 1.35 bits per heavy atom. The third kappa shape index (κ3) is 6.90. The highest BCUT2D eigenvalue weighted by Crippen LogP contribution is 2.46. The summed E-state index contributed by atoms with van der Waals surface area (Å²) >= 11 is 5.83. The molecule has 3 saturated carbocycles. The molecular formula is C24H35ClF2O4. The van der Waals surface area contributed by atoms with Gasteiger partial charge in [0.2, 0.25) is 0 Å². The van der Waals surface area contributed by atoms with Gasteiger partial charge in [0.25, 0.3) is 0 Å². The molecule has 0 aromatic rings. The maximum atomic E-state index is 14.0. The number of carbonyl (C=O) groups is 2. The molecule has 0 spiro atoms. The van der Waals surface area contributed by atoms with Gasteiger partial charge in [-0.25, -0.2) is 13.6 Å². The van der Waals surface area contributed by atoms with Crippen molar-refractivity contribution in [1.29, 1.82) is 0 Å². The van der Waals surface area contributed by atoms with Crippen LogP contribution in [0, 0.1) is 23.7 Å². The number of hydrogen-bond acceptors (Lipinski definition) is 4. The maximum Gasteiger partial charge on any atom is 0.330 e. The minimum atomic E-state index is -1.22. The van der Waals surface area contributed by atoms with E-state index in [0.717, 1.165) is 57.4 Å². The van der Waals surface area contributed by atoms with Crippen molar-refractivity contribution in [1.82, 2.24) is 0 Å². The summed E-state index contributed by atoms with van der Waals surface area (Å²) in [5.41, 5.74) is 0. The van der Waals surface area contributed by atoms with Crippen molar-refractivity contribution >= 4 is 23.5 Å². The van der Waals surface area contributed by atoms with Crippen molar-refractivity contribution in [3.05, 3.63) is 12.7 Å². The molecule has 0 heterocycles. The number of ether oxygens (including phenoxy) is 2. The monoisotopic (exact) mass is 460 g/mol. The minimum absolute atomic E-state index is 0.0150. The molecule has 0 aromatic heterocycles. The predicted molar refractivity (Wildman–Crippen MR) is 115 cm³/mol. The third-order valence-electron chi connectivity index (χ3n) is 7.63. The summed E-state index contributed by atoms with van der Waals surface area (Å²) < 4.78 is 38.4. The molecule has 0 radical (unpaired) electrons. The van der Waals surface area contributed by atoms with Gasteiger partial charge in [0.15, 0.2) is 0 Å². The fourth-order valence-electron chi connectivity index (χ4n) is 5.85. The largest absolute Gasteiger partial charge is 0.462 e. The summed E-state index contributed by atoms with van der Waals surface area (Å²) in [6.45, 7) is 3.32. The van der Waals surface area contributed by atoms with Crippen molar-refractivity contribution in [3.63, 3.8) is 0 Å². The molecule has 3 fully saturated rings. The van der Waals surface area contributed by atoms with Gasteiger partial charge in [0.05, 0.1) is 11.8 Å². The van der Waals surface area contributed by atoms with Crippen LogP contribution in [-0.2, 0) is 19.1 Å². The molecule has 0 bridgehead atoms. The van der Waals surface area contributed by atoms with Gasteiger partial charge in [0.1, 0.15) is 25.1 Å². The highest BCUT2D eigenvalue weighted by atomic mass is 35.5. The molecule has 0 amide bonds. The van der Waals surface area contributed by atoms with Crippen LogP contribution in [0.2, 0.25) is 0 Å². The average molecular weight is 461 g/mol. The van der Waals surface area contributed by atoms with E-state index in [4.69, 9.17) is 21.1 Å². The Kier molecular flexibility index (Phi) is 9.18. The highest BCUT2D eigenvalue weighted by molar-refractivity contribution is 6.21. The van der Waals surface area contributed by atoms with Crippen molar-refractivity contribution in [2.24, 2.45) is 23.7 Å². The quantitative estimate of drug-likeness (QED) is 0.277. The van der Waals surface area contributed by atoms with E-state index in [-0.39, 0.29) is 31.0 Å². The Bertz CT molecular complexity index is 603. The fraction of sp³-hybridized carbons (Fsp3) is 0.833. The summed E-state index contributed by atoms with van der Waals surface area (Å²) in [6.07, 6.45) is 7.67. The Morgan fingerprint density at radius 1 is 0.871 bits per heavy atom. The standard InChI is InChI=1S/C24H35ClF2O4/c1-2-22(28)30-12-11-23(29)31-19-9-7-16(8-10-19)15-3-5-17(6-4-15)18-13-20(26)24(25)21(27)14-18/h2,15-21,24H,1,3-14H2. The van der Waals surface area contributed by atoms with Gasteiger partial charge in [0, 0.05) is 6.08 Å². The average Bonchev–Trinajstić information content (AvgIpc) is 2.77. The van der Waals surface area contributed by atoms with E-state index in [1.807, 2.05) is 0 Å². The van der Waals surface area contributed by atoms with Crippen LogP contribution in [0.4, 0.5) is 8.78 Å². The van der Waals surface area contributed by atoms with Crippen LogP contribution in [0.3, 0.4) is 0 Å². The molecule has 3 aliphatic rings. The van der Waals surface area contributed by atoms with Crippen LogP contribution in [-0.4, -0.2) is 42.4 Å². The zero-order chi connectivity index (χ0) is 22.4. The first-order valence-corrected chi connectivity index (χ1v) is 12.2. The number of alkyl halides is 3. The van der Waals surface area contributed by atoms with Crippen LogP contribution in [0.25, 0.3) is 0 Å². The first-order valence-electron chi connectivity index (χ1n) is 11.8. The molecule has 2 unspecified atom stereocenters. The molecule has 3 aliphatic carbocycles. The molecule has 4 nitrogen and oxygen atoms in total. The molecule has 2 atom stereocenters. The van der Waals surface area contributed by atoms with E-state index in [9.17, 15) is 18.4 Å². The number of rotatable bonds is 7. The number of halogens is 3. The van der Waals surface area contributed by atoms with Crippen molar-refractivity contribution in [3.8, 4) is 0 Å². The first kappa shape index (κ1) is 24.5. The van der Waals surface area contributed by atoms with Gasteiger partial charge in [-0.05, 0) is 87.9 Å². The Hall–Kier alpha value is -1.17. The van der Waals surface area contributed by atoms with Crippen molar-refractivity contribution in [2.45, 2.75) is 94.5 Å². The van der Waals surface area contributed by atoms with Crippen LogP contribution in [0.5, 0.6) is 0 Å². The van der Waals surface area contributed by atoms with Gasteiger partial charge in [-0.3, -0.25) is 4.79 Å². The van der Waals surface area contributed by atoms with Crippen molar-refractivity contribution < 1.29 is 27.8 Å². The molecule has 0 aromatic carbocycles. The van der Waals surface area contributed by atoms with E-state index >= 15 is 0 Å². The summed E-state index contributed by atoms with van der Waals surface area (Å²) in [7, 11) is 0. The first-order chi connectivity index (χ1) is 14.9. The predicted octanol–water partition coefficient (Wildman–Crippen LogP) is 5.71. The maximum absolute atomic E-state index is 14.0. The molecular weight excluding hydrogens is 426 g/mol. The number of hydrogen-bond donors (Lipinski definition) is 0. The second kappa shape index (κ2) is 11.6. The normalized spacial score (nSPS) is 38.8. The zero-order valence-corrected chi connectivity index (χ0v) is 18.9. The molecule has 0 saturated heterocycles. The third-order valence-corrected chi connectivity index (χ3v) is 8.18. The Labute approximate surface area is 189 Å². The lowest BCUT2D eigenvalue weighted by atomic mass is 9.66. The Morgan fingerprint density at radius 3 is 1.87 bits per heavy atom. The van der Waals surface area contributed by atoms with Crippen LogP contribution in [0.1, 0.15) is 70.6 Å². The molecule has 3 rings (SSSR count). The number of esters is 2. The molecule has 7 heteroatoms. The summed E-state index contributed by atoms with van der Waals surface area (Å²) in [4.78, 5) is 22.9. The second-order valence-corrected chi connectivity index (χ2v) is 10.0. The van der Waals surface area contributed by atoms with Gasteiger partial charge < -0.3 is 9.47 Å². The van der Waals surface area contributed by atoms with E-state index in [0.29, 0.717) is 30.6 Å². The van der Waals surface area contributed by atoms with Crippen LogP contribution < -0.4 is 0 Å². The van der Waals surface area contributed by atoms with Gasteiger partial charge in [-0.2, -0.15) is 0 Å². The SMILES string of the molecule is C=CC(=O)OCCC(=O)OC1CCC(C2CCC(C3CC(F)C(Cl)C(F)C3)CC2)CC1. The lowest BCUT2D eigenvalue weighted by Crippen LogP contribution is -2.40. The summed E-state index contributed by atoms with van der Waals surface area (Å²) in [6, 6.07) is 0. The van der Waals surface area contributed by atoms with E-state index in [1.54, 1.807) is 0 Å². The second-order valence-electron chi connectivity index (χ2n) is 9.53. The van der Waals surface area contributed by atoms with Gasteiger partial charge in [-0.1, -0.05) is 6.58 Å². The van der Waals surface area contributed by atoms with E-state index in [1.165, 1.54) is 0 Å². The lowest BCUT2D eigenvalue weighted by Gasteiger charge is -2.42. The van der Waals surface area contributed by atoms with Crippen molar-refractivity contribution in [2.75, 3.05) is 6.61 Å². The molecule has 31 heavy (non-hydrogen) atoms. The van der Waals surface area contributed by atoms with Gasteiger partial charge >= 0.3 is 11.9 Å². The van der Waals surface area contributed by atoms with E-state index < -0.39 is 23.7 Å². The van der Waals surface area contributed by atoms with Gasteiger partial charge in [-0.15, -0.1) is 11.6 Å². The number of carbonyl (C=O) groups excluding carboxylic acids is 2. The topological polar surface area (TPSA) is 52.6 Å². The smallest absolute Gasteiger partial charge is 0.330 e. The Balaban J connectivity index is 1.33. The lowest BCUT2D eigenvalue weighted by molar-refractivity contribution is -0.153. The zero-order valence-electron chi connectivity index (χ0n) is 18.2.